The van der Waals surface area contributed by atoms with Crippen LogP contribution in [-0.4, -0.2) is 16.8 Å². The van der Waals surface area contributed by atoms with Crippen molar-refractivity contribution >= 4 is 27.3 Å². The Morgan fingerprint density at radius 1 is 0.463 bits per heavy atom. The lowest BCUT2D eigenvalue weighted by Crippen LogP contribution is -2.29. The van der Waals surface area contributed by atoms with Crippen molar-refractivity contribution in [3.05, 3.63) is 169 Å². The molecule has 2 aliphatic heterocycles. The molecule has 2 nitrogen and oxygen atoms in total. The highest BCUT2D eigenvalue weighted by Crippen LogP contribution is 2.44. The average molecular weight is 525 g/mol. The topological polar surface area (TPSA) is 15.6 Å². The molecule has 0 radical (unpaired) electrons. The summed E-state index contributed by atoms with van der Waals surface area (Å²) in [6, 6.07) is 48.3. The van der Waals surface area contributed by atoms with Crippen molar-refractivity contribution in [3.8, 4) is 22.3 Å². The Bertz CT molecular complexity index is 1930. The van der Waals surface area contributed by atoms with Crippen LogP contribution in [-0.2, 0) is 0 Å². The lowest BCUT2D eigenvalue weighted by atomic mass is 9.85. The van der Waals surface area contributed by atoms with Gasteiger partial charge in [0.25, 0.3) is 0 Å². The molecule has 2 heteroatoms. The van der Waals surface area contributed by atoms with Crippen LogP contribution in [0.3, 0.4) is 0 Å². The molecule has 2 aliphatic rings. The fourth-order valence-corrected chi connectivity index (χ4v) is 6.56. The van der Waals surface area contributed by atoms with Gasteiger partial charge in [-0.2, -0.15) is 0 Å². The number of nitrogens with zero attached hydrogens (tertiary/aromatic N) is 2. The van der Waals surface area contributed by atoms with E-state index >= 15 is 0 Å². The van der Waals surface area contributed by atoms with Crippen LogP contribution in [0.1, 0.15) is 17.2 Å². The Morgan fingerprint density at radius 2 is 0.951 bits per heavy atom. The Labute approximate surface area is 240 Å². The zero-order chi connectivity index (χ0) is 27.2. The molecule has 0 saturated carbocycles. The SMILES string of the molecule is C1=CC2N=C(c3ccc(-c4c5ccccc5c(-c5ccccc5)c5ccccc45)cc3)C(c3ccccc3)N2C=C1. The first-order chi connectivity index (χ1) is 20.4. The van der Waals surface area contributed by atoms with Crippen molar-refractivity contribution in [2.45, 2.75) is 12.2 Å². The van der Waals surface area contributed by atoms with E-state index in [1.165, 1.54) is 49.4 Å². The van der Waals surface area contributed by atoms with Crippen molar-refractivity contribution in [1.82, 2.24) is 4.90 Å². The van der Waals surface area contributed by atoms with Crippen LogP contribution in [0.4, 0.5) is 0 Å². The molecule has 0 spiro atoms. The van der Waals surface area contributed by atoms with Gasteiger partial charge in [-0.1, -0.05) is 140 Å². The van der Waals surface area contributed by atoms with E-state index in [9.17, 15) is 0 Å². The molecule has 0 N–H and O–H groups in total. The summed E-state index contributed by atoms with van der Waals surface area (Å²) in [6.07, 6.45) is 8.56. The first kappa shape index (κ1) is 23.7. The number of hydrogen-bond acceptors (Lipinski definition) is 2. The summed E-state index contributed by atoms with van der Waals surface area (Å²) >= 11 is 0. The molecule has 2 atom stereocenters. The molecule has 0 bridgehead atoms. The van der Waals surface area contributed by atoms with E-state index in [1.54, 1.807) is 0 Å². The van der Waals surface area contributed by atoms with E-state index in [2.05, 4.69) is 163 Å². The Hall–Kier alpha value is -5.21. The Kier molecular flexibility index (Phi) is 5.63. The highest BCUT2D eigenvalue weighted by Gasteiger charge is 2.35. The molecule has 6 aromatic rings. The molecule has 0 saturated heterocycles. The molecule has 6 aromatic carbocycles. The molecule has 2 heterocycles. The fourth-order valence-electron chi connectivity index (χ4n) is 6.56. The number of aliphatic imine (C=N–C) groups is 1. The summed E-state index contributed by atoms with van der Waals surface area (Å²) in [5, 5.41) is 5.09. The zero-order valence-corrected chi connectivity index (χ0v) is 22.6. The second-order valence-electron chi connectivity index (χ2n) is 10.7. The van der Waals surface area contributed by atoms with Gasteiger partial charge < -0.3 is 4.90 Å². The third-order valence-electron chi connectivity index (χ3n) is 8.37. The molecule has 0 fully saturated rings. The summed E-state index contributed by atoms with van der Waals surface area (Å²) < 4.78 is 0. The molecule has 2 unspecified atom stereocenters. The molecular weight excluding hydrogens is 496 g/mol. The molecule has 41 heavy (non-hydrogen) atoms. The first-order valence-corrected chi connectivity index (χ1v) is 14.2. The lowest BCUT2D eigenvalue weighted by Gasteiger charge is -2.29. The zero-order valence-electron chi connectivity index (χ0n) is 22.6. The molecule has 0 aromatic heterocycles. The van der Waals surface area contributed by atoms with E-state index in [-0.39, 0.29) is 12.2 Å². The predicted octanol–water partition coefficient (Wildman–Crippen LogP) is 9.58. The molecule has 0 amide bonds. The van der Waals surface area contributed by atoms with Gasteiger partial charge in [-0.05, 0) is 67.1 Å². The van der Waals surface area contributed by atoms with Gasteiger partial charge >= 0.3 is 0 Å². The highest BCUT2D eigenvalue weighted by molar-refractivity contribution is 6.21. The van der Waals surface area contributed by atoms with Crippen LogP contribution < -0.4 is 0 Å². The Balaban J connectivity index is 1.29. The number of hydrogen-bond donors (Lipinski definition) is 0. The largest absolute Gasteiger partial charge is 0.340 e. The predicted molar refractivity (Wildman–Crippen MR) is 172 cm³/mol. The number of benzene rings is 6. The van der Waals surface area contributed by atoms with Crippen LogP contribution in [0, 0.1) is 0 Å². The minimum absolute atomic E-state index is 0.0262. The van der Waals surface area contributed by atoms with Gasteiger partial charge in [-0.15, -0.1) is 0 Å². The van der Waals surface area contributed by atoms with Gasteiger partial charge in [0.2, 0.25) is 0 Å². The minimum Gasteiger partial charge on any atom is -0.340 e. The molecule has 194 valence electrons. The normalized spacial score (nSPS) is 17.7. The van der Waals surface area contributed by atoms with Crippen LogP contribution in [0.25, 0.3) is 43.8 Å². The van der Waals surface area contributed by atoms with Gasteiger partial charge in [0.05, 0.1) is 11.8 Å². The summed E-state index contributed by atoms with van der Waals surface area (Å²) in [5.74, 6) is 0. The molecule has 8 rings (SSSR count). The van der Waals surface area contributed by atoms with Crippen LogP contribution in [0.5, 0.6) is 0 Å². The van der Waals surface area contributed by atoms with E-state index < -0.39 is 0 Å². The van der Waals surface area contributed by atoms with E-state index in [4.69, 9.17) is 4.99 Å². The third-order valence-corrected chi connectivity index (χ3v) is 8.37. The summed E-state index contributed by atoms with van der Waals surface area (Å²) in [6.45, 7) is 0. The van der Waals surface area contributed by atoms with Crippen molar-refractivity contribution in [2.75, 3.05) is 0 Å². The van der Waals surface area contributed by atoms with Crippen molar-refractivity contribution in [1.29, 1.82) is 0 Å². The van der Waals surface area contributed by atoms with Gasteiger partial charge in [0, 0.05) is 6.20 Å². The van der Waals surface area contributed by atoms with E-state index in [0.29, 0.717) is 0 Å². The maximum absolute atomic E-state index is 5.19. The Morgan fingerprint density at radius 3 is 1.54 bits per heavy atom. The fraction of sp³-hybridized carbons (Fsp3) is 0.0513. The molecular formula is C39H28N2. The van der Waals surface area contributed by atoms with Crippen LogP contribution >= 0.6 is 0 Å². The van der Waals surface area contributed by atoms with Gasteiger partial charge in [-0.25, -0.2) is 0 Å². The molecule has 0 aliphatic carbocycles. The number of rotatable bonds is 4. The maximum Gasteiger partial charge on any atom is 0.141 e. The monoisotopic (exact) mass is 524 g/mol. The second kappa shape index (κ2) is 9.76. The van der Waals surface area contributed by atoms with E-state index in [1.807, 2.05) is 0 Å². The number of allylic oxidation sites excluding steroid dienone is 2. The third kappa shape index (κ3) is 3.91. The van der Waals surface area contributed by atoms with Crippen LogP contribution in [0.15, 0.2) is 163 Å². The smallest absolute Gasteiger partial charge is 0.141 e. The van der Waals surface area contributed by atoms with Gasteiger partial charge in [-0.3, -0.25) is 4.99 Å². The van der Waals surface area contributed by atoms with Crippen molar-refractivity contribution in [2.24, 2.45) is 4.99 Å². The average Bonchev–Trinajstić information content (AvgIpc) is 3.44. The first-order valence-electron chi connectivity index (χ1n) is 14.2. The van der Waals surface area contributed by atoms with Gasteiger partial charge in [0.1, 0.15) is 6.17 Å². The van der Waals surface area contributed by atoms with Gasteiger partial charge in [0.15, 0.2) is 0 Å². The highest BCUT2D eigenvalue weighted by atomic mass is 15.3. The van der Waals surface area contributed by atoms with Crippen molar-refractivity contribution in [3.63, 3.8) is 0 Å². The quantitative estimate of drug-likeness (QED) is 0.210. The lowest BCUT2D eigenvalue weighted by molar-refractivity contribution is 0.321. The standard InChI is InChI=1S/C39H28N2/c1-3-13-27(14-4-1)36-31-17-7-9-19-33(31)37(34-20-10-8-18-32(34)36)28-22-24-29(25-23-28)38-39(30-15-5-2-6-16-30)41-26-12-11-21-35(41)40-38/h1-26,35,39H. The summed E-state index contributed by atoms with van der Waals surface area (Å²) in [4.78, 5) is 7.54. The summed E-state index contributed by atoms with van der Waals surface area (Å²) in [7, 11) is 0. The van der Waals surface area contributed by atoms with Crippen LogP contribution in [0.2, 0.25) is 0 Å². The minimum atomic E-state index is 0.0262. The van der Waals surface area contributed by atoms with E-state index in [0.717, 1.165) is 11.3 Å². The maximum atomic E-state index is 5.19. The number of fused-ring (bicyclic) bond motifs is 3. The second-order valence-corrected chi connectivity index (χ2v) is 10.7. The summed E-state index contributed by atoms with van der Waals surface area (Å²) in [5.41, 5.74) is 8.55. The van der Waals surface area contributed by atoms with Crippen molar-refractivity contribution < 1.29 is 0 Å².